The van der Waals surface area contributed by atoms with E-state index >= 15 is 0 Å². The number of phenols is 1. The number of hydrogen-bond donors (Lipinski definition) is 1. The number of phenolic OH excluding ortho intramolecular Hbond substituents is 1. The van der Waals surface area contributed by atoms with Gasteiger partial charge in [-0.2, -0.15) is 0 Å². The Morgan fingerprint density at radius 1 is 1.24 bits per heavy atom. The van der Waals surface area contributed by atoms with Gasteiger partial charge in [0.2, 0.25) is 0 Å². The minimum atomic E-state index is 0.219. The van der Waals surface area contributed by atoms with Crippen LogP contribution in [0.2, 0.25) is 0 Å². The highest BCUT2D eigenvalue weighted by Gasteiger charge is 2.14. The van der Waals surface area contributed by atoms with Gasteiger partial charge in [0.1, 0.15) is 0 Å². The van der Waals surface area contributed by atoms with Gasteiger partial charge in [-0.3, -0.25) is 9.88 Å². The van der Waals surface area contributed by atoms with E-state index in [1.54, 1.807) is 13.2 Å². The molecule has 4 nitrogen and oxygen atoms in total. The van der Waals surface area contributed by atoms with Crippen LogP contribution >= 0.6 is 0 Å². The normalized spacial score (nSPS) is 12.4. The van der Waals surface area contributed by atoms with Gasteiger partial charge in [0.05, 0.1) is 7.11 Å². The number of hydrogen-bond acceptors (Lipinski definition) is 4. The third-order valence-electron chi connectivity index (χ3n) is 3.71. The fraction of sp³-hybridized carbons (Fsp3) is 0.353. The van der Waals surface area contributed by atoms with Gasteiger partial charge in [-0.15, -0.1) is 0 Å². The van der Waals surface area contributed by atoms with Crippen LogP contribution < -0.4 is 4.74 Å². The van der Waals surface area contributed by atoms with Crippen LogP contribution in [-0.4, -0.2) is 35.2 Å². The third-order valence-corrected chi connectivity index (χ3v) is 3.71. The number of aromatic nitrogens is 1. The van der Waals surface area contributed by atoms with Crippen molar-refractivity contribution in [1.29, 1.82) is 0 Å². The highest BCUT2D eigenvalue weighted by Crippen LogP contribution is 2.30. The summed E-state index contributed by atoms with van der Waals surface area (Å²) < 4.78 is 5.14. The molecule has 0 fully saturated rings. The Kier molecular flexibility index (Phi) is 5.17. The number of rotatable bonds is 6. The maximum atomic E-state index is 10.1. The molecule has 2 rings (SSSR count). The third kappa shape index (κ3) is 3.95. The van der Waals surface area contributed by atoms with Crippen LogP contribution in [0.4, 0.5) is 0 Å². The molecular formula is C17H22N2O2. The Bertz CT molecular complexity index is 572. The quantitative estimate of drug-likeness (QED) is 0.887. The summed E-state index contributed by atoms with van der Waals surface area (Å²) in [6.07, 6.45) is 2.69. The second-order valence-electron chi connectivity index (χ2n) is 5.26. The molecule has 0 amide bonds. The predicted molar refractivity (Wildman–Crippen MR) is 83.5 cm³/mol. The largest absolute Gasteiger partial charge is 0.504 e. The van der Waals surface area contributed by atoms with Gasteiger partial charge in [0, 0.05) is 36.5 Å². The second kappa shape index (κ2) is 7.09. The van der Waals surface area contributed by atoms with Gasteiger partial charge in [-0.1, -0.05) is 18.2 Å². The first-order valence-electron chi connectivity index (χ1n) is 7.06. The molecule has 21 heavy (non-hydrogen) atoms. The molecule has 1 aromatic carbocycles. The summed E-state index contributed by atoms with van der Waals surface area (Å²) >= 11 is 0. The zero-order valence-electron chi connectivity index (χ0n) is 12.8. The lowest BCUT2D eigenvalue weighted by Crippen LogP contribution is -2.30. The van der Waals surface area contributed by atoms with Crippen molar-refractivity contribution >= 4 is 0 Å². The first-order valence-corrected chi connectivity index (χ1v) is 7.06. The Labute approximate surface area is 126 Å². The summed E-state index contributed by atoms with van der Waals surface area (Å²) in [5, 5.41) is 10.1. The average Bonchev–Trinajstić information content (AvgIpc) is 2.50. The van der Waals surface area contributed by atoms with Gasteiger partial charge in [-0.05, 0) is 32.2 Å². The molecule has 1 heterocycles. The Hall–Kier alpha value is -2.07. The summed E-state index contributed by atoms with van der Waals surface area (Å²) in [4.78, 5) is 6.55. The highest BCUT2D eigenvalue weighted by molar-refractivity contribution is 5.45. The molecule has 1 atom stereocenters. The number of methoxy groups -OCH3 is 1. The lowest BCUT2D eigenvalue weighted by atomic mass is 10.1. The van der Waals surface area contributed by atoms with Gasteiger partial charge in [0.25, 0.3) is 0 Å². The van der Waals surface area contributed by atoms with Crippen molar-refractivity contribution in [2.24, 2.45) is 0 Å². The van der Waals surface area contributed by atoms with Gasteiger partial charge >= 0.3 is 0 Å². The standard InChI is InChI=1S/C17H22N2O2/c1-13(11-15-8-4-5-10-18-15)19(2)12-14-7-6-9-16(21-3)17(14)20/h4-10,13,20H,11-12H2,1-3H3/t13-/m0/s1. The van der Waals surface area contributed by atoms with Crippen LogP contribution in [0.3, 0.4) is 0 Å². The SMILES string of the molecule is COc1cccc(CN(C)[C@@H](C)Cc2ccccn2)c1O. The van der Waals surface area contributed by atoms with E-state index < -0.39 is 0 Å². The molecule has 0 saturated carbocycles. The predicted octanol–water partition coefficient (Wildman–Crippen LogP) is 2.86. The minimum Gasteiger partial charge on any atom is -0.504 e. The lowest BCUT2D eigenvalue weighted by Gasteiger charge is -2.25. The smallest absolute Gasteiger partial charge is 0.162 e. The van der Waals surface area contributed by atoms with Crippen molar-refractivity contribution in [3.05, 3.63) is 53.9 Å². The van der Waals surface area contributed by atoms with Crippen molar-refractivity contribution < 1.29 is 9.84 Å². The molecule has 0 saturated heterocycles. The number of aromatic hydroxyl groups is 1. The van der Waals surface area contributed by atoms with E-state index in [2.05, 4.69) is 16.8 Å². The summed E-state index contributed by atoms with van der Waals surface area (Å²) in [6, 6.07) is 11.9. The first-order chi connectivity index (χ1) is 10.1. The highest BCUT2D eigenvalue weighted by atomic mass is 16.5. The monoisotopic (exact) mass is 286 g/mol. The van der Waals surface area contributed by atoms with E-state index in [1.807, 2.05) is 43.6 Å². The fourth-order valence-corrected chi connectivity index (χ4v) is 2.26. The van der Waals surface area contributed by atoms with Crippen LogP contribution in [0.1, 0.15) is 18.2 Å². The molecular weight excluding hydrogens is 264 g/mol. The molecule has 4 heteroatoms. The Balaban J connectivity index is 2.02. The van der Waals surface area contributed by atoms with Crippen LogP contribution in [0.5, 0.6) is 11.5 Å². The Morgan fingerprint density at radius 2 is 2.05 bits per heavy atom. The van der Waals surface area contributed by atoms with E-state index in [9.17, 15) is 5.11 Å². The zero-order chi connectivity index (χ0) is 15.2. The summed E-state index contributed by atoms with van der Waals surface area (Å²) in [5.74, 6) is 0.732. The number of ether oxygens (including phenoxy) is 1. The number of pyridine rings is 1. The molecule has 0 bridgehead atoms. The van der Waals surface area contributed by atoms with Crippen molar-refractivity contribution in [2.45, 2.75) is 25.9 Å². The van der Waals surface area contributed by atoms with Crippen molar-refractivity contribution in [1.82, 2.24) is 9.88 Å². The molecule has 0 spiro atoms. The lowest BCUT2D eigenvalue weighted by molar-refractivity contribution is 0.242. The fourth-order valence-electron chi connectivity index (χ4n) is 2.26. The molecule has 0 radical (unpaired) electrons. The van der Waals surface area contributed by atoms with Gasteiger partial charge < -0.3 is 9.84 Å². The van der Waals surface area contributed by atoms with Crippen LogP contribution in [-0.2, 0) is 13.0 Å². The second-order valence-corrected chi connectivity index (χ2v) is 5.26. The maximum Gasteiger partial charge on any atom is 0.162 e. The summed E-state index contributed by atoms with van der Waals surface area (Å²) in [5.41, 5.74) is 1.94. The van der Waals surface area contributed by atoms with Crippen LogP contribution in [0.25, 0.3) is 0 Å². The van der Waals surface area contributed by atoms with Gasteiger partial charge in [0.15, 0.2) is 11.5 Å². The topological polar surface area (TPSA) is 45.6 Å². The molecule has 0 aliphatic rings. The molecule has 0 unspecified atom stereocenters. The summed E-state index contributed by atoms with van der Waals surface area (Å²) in [6.45, 7) is 2.82. The number of benzene rings is 1. The van der Waals surface area contributed by atoms with E-state index in [-0.39, 0.29) is 5.75 Å². The first kappa shape index (κ1) is 15.3. The van der Waals surface area contributed by atoms with Crippen molar-refractivity contribution in [3.8, 4) is 11.5 Å². The van der Waals surface area contributed by atoms with Crippen LogP contribution in [0, 0.1) is 0 Å². The maximum absolute atomic E-state index is 10.1. The van der Waals surface area contributed by atoms with Gasteiger partial charge in [-0.25, -0.2) is 0 Å². The van der Waals surface area contributed by atoms with Crippen molar-refractivity contribution in [2.75, 3.05) is 14.2 Å². The molecule has 1 aromatic heterocycles. The van der Waals surface area contributed by atoms with Crippen molar-refractivity contribution in [3.63, 3.8) is 0 Å². The molecule has 112 valence electrons. The van der Waals surface area contributed by atoms with E-state index in [4.69, 9.17) is 4.74 Å². The zero-order valence-corrected chi connectivity index (χ0v) is 12.8. The van der Waals surface area contributed by atoms with E-state index in [0.717, 1.165) is 17.7 Å². The summed E-state index contributed by atoms with van der Waals surface area (Å²) in [7, 11) is 3.61. The number of likely N-dealkylation sites (N-methyl/N-ethyl adjacent to an activating group) is 1. The Morgan fingerprint density at radius 3 is 2.71 bits per heavy atom. The minimum absolute atomic E-state index is 0.219. The molecule has 2 aromatic rings. The van der Waals surface area contributed by atoms with Crippen LogP contribution in [0.15, 0.2) is 42.6 Å². The molecule has 0 aliphatic carbocycles. The molecule has 1 N–H and O–H groups in total. The average molecular weight is 286 g/mol. The van der Waals surface area contributed by atoms with E-state index in [1.165, 1.54) is 0 Å². The number of nitrogens with zero attached hydrogens (tertiary/aromatic N) is 2. The number of para-hydroxylation sites is 1. The van der Waals surface area contributed by atoms with E-state index in [0.29, 0.717) is 18.3 Å². The molecule has 0 aliphatic heterocycles.